The summed E-state index contributed by atoms with van der Waals surface area (Å²) in [5, 5.41) is 2.69. The number of morpholine rings is 1. The van der Waals surface area contributed by atoms with Crippen LogP contribution in [0, 0.1) is 6.92 Å². The third-order valence-corrected chi connectivity index (χ3v) is 7.73. The fourth-order valence-electron chi connectivity index (χ4n) is 2.92. The van der Waals surface area contributed by atoms with Gasteiger partial charge in [-0.15, -0.1) is 11.8 Å². The molecule has 2 aromatic carbocycles. The highest BCUT2D eigenvalue weighted by atomic mass is 32.2. The lowest BCUT2D eigenvalue weighted by atomic mass is 10.2. The van der Waals surface area contributed by atoms with Crippen LogP contribution in [0.4, 0.5) is 0 Å². The average Bonchev–Trinajstić information content (AvgIpc) is 2.74. The molecule has 3 rings (SSSR count). The number of nitrogens with zero attached hydrogens (tertiary/aromatic N) is 1. The second-order valence-electron chi connectivity index (χ2n) is 6.95. The van der Waals surface area contributed by atoms with E-state index in [-0.39, 0.29) is 16.1 Å². The summed E-state index contributed by atoms with van der Waals surface area (Å²) in [6.45, 7) is 5.84. The Labute approximate surface area is 176 Å². The minimum atomic E-state index is -3.50. The molecule has 1 amide bonds. The Morgan fingerprint density at radius 3 is 2.34 bits per heavy atom. The molecular weight excluding hydrogens is 408 g/mol. The molecule has 6 nitrogen and oxygen atoms in total. The summed E-state index contributed by atoms with van der Waals surface area (Å²) in [5.74, 6) is -0.0550. The molecule has 0 radical (unpaired) electrons. The Morgan fingerprint density at radius 2 is 1.72 bits per heavy atom. The van der Waals surface area contributed by atoms with Gasteiger partial charge in [0.1, 0.15) is 0 Å². The smallest absolute Gasteiger partial charge is 0.243 e. The molecule has 1 unspecified atom stereocenters. The summed E-state index contributed by atoms with van der Waals surface area (Å²) in [6, 6.07) is 14.7. The zero-order chi connectivity index (χ0) is 20.9. The van der Waals surface area contributed by atoms with Gasteiger partial charge in [-0.3, -0.25) is 4.79 Å². The van der Waals surface area contributed by atoms with Crippen molar-refractivity contribution in [3.63, 3.8) is 0 Å². The number of carbonyl (C=O) groups excluding carboxylic acids is 1. The molecule has 29 heavy (non-hydrogen) atoms. The van der Waals surface area contributed by atoms with Crippen LogP contribution in [-0.4, -0.2) is 50.2 Å². The van der Waals surface area contributed by atoms with E-state index in [9.17, 15) is 13.2 Å². The fourth-order valence-corrected chi connectivity index (χ4v) is 5.22. The second-order valence-corrected chi connectivity index (χ2v) is 10.3. The van der Waals surface area contributed by atoms with E-state index in [1.807, 2.05) is 38.1 Å². The van der Waals surface area contributed by atoms with Crippen molar-refractivity contribution in [1.82, 2.24) is 9.62 Å². The van der Waals surface area contributed by atoms with Crippen LogP contribution in [-0.2, 0) is 26.1 Å². The second kappa shape index (κ2) is 9.75. The Bertz CT molecular complexity index is 922. The van der Waals surface area contributed by atoms with E-state index in [0.29, 0.717) is 32.8 Å². The molecule has 1 N–H and O–H groups in total. The highest BCUT2D eigenvalue weighted by Crippen LogP contribution is 2.23. The first-order valence-electron chi connectivity index (χ1n) is 9.54. The minimum Gasteiger partial charge on any atom is -0.379 e. The molecule has 1 heterocycles. The normalized spacial score (nSPS) is 16.3. The van der Waals surface area contributed by atoms with E-state index in [1.165, 1.54) is 21.6 Å². The topological polar surface area (TPSA) is 75.7 Å². The van der Waals surface area contributed by atoms with E-state index in [1.54, 1.807) is 24.3 Å². The van der Waals surface area contributed by atoms with Crippen molar-refractivity contribution in [2.75, 3.05) is 26.3 Å². The molecule has 1 fully saturated rings. The van der Waals surface area contributed by atoms with Crippen LogP contribution in [0.3, 0.4) is 0 Å². The van der Waals surface area contributed by atoms with Gasteiger partial charge in [-0.1, -0.05) is 29.8 Å². The highest BCUT2D eigenvalue weighted by molar-refractivity contribution is 8.00. The maximum Gasteiger partial charge on any atom is 0.243 e. The van der Waals surface area contributed by atoms with Crippen molar-refractivity contribution in [1.29, 1.82) is 0 Å². The number of rotatable bonds is 7. The average molecular weight is 435 g/mol. The lowest BCUT2D eigenvalue weighted by Crippen LogP contribution is -2.40. The van der Waals surface area contributed by atoms with Crippen molar-refractivity contribution in [3.8, 4) is 0 Å². The molecule has 0 spiro atoms. The minimum absolute atomic E-state index is 0.0550. The molecule has 156 valence electrons. The summed E-state index contributed by atoms with van der Waals surface area (Å²) in [6.07, 6.45) is 0. The molecule has 1 aliphatic heterocycles. The highest BCUT2D eigenvalue weighted by Gasteiger charge is 2.26. The molecule has 0 aromatic heterocycles. The predicted molar refractivity (Wildman–Crippen MR) is 114 cm³/mol. The van der Waals surface area contributed by atoms with E-state index in [0.717, 1.165) is 10.5 Å². The van der Waals surface area contributed by atoms with Crippen molar-refractivity contribution >= 4 is 27.7 Å². The van der Waals surface area contributed by atoms with Crippen LogP contribution in [0.5, 0.6) is 0 Å². The third kappa shape index (κ3) is 5.82. The lowest BCUT2D eigenvalue weighted by Gasteiger charge is -2.26. The number of hydrogen-bond donors (Lipinski definition) is 1. The van der Waals surface area contributed by atoms with Gasteiger partial charge in [-0.2, -0.15) is 4.31 Å². The Balaban J connectivity index is 1.54. The number of amides is 1. The molecule has 1 saturated heterocycles. The zero-order valence-electron chi connectivity index (χ0n) is 16.6. The first-order chi connectivity index (χ1) is 13.9. The van der Waals surface area contributed by atoms with Gasteiger partial charge in [0.05, 0.1) is 23.4 Å². The van der Waals surface area contributed by atoms with Gasteiger partial charge in [-0.25, -0.2) is 8.42 Å². The molecule has 1 aliphatic rings. The number of aryl methyl sites for hydroxylation is 1. The first kappa shape index (κ1) is 21.8. The molecular formula is C21H26N2O4S2. The predicted octanol–water partition coefficient (Wildman–Crippen LogP) is 2.81. The molecule has 2 aromatic rings. The standard InChI is InChI=1S/C21H26N2O4S2/c1-16-3-7-19(8-4-16)28-17(2)21(24)22-15-18-5-9-20(10-6-18)29(25,26)23-11-13-27-14-12-23/h3-10,17H,11-15H2,1-2H3,(H,22,24). The van der Waals surface area contributed by atoms with Crippen LogP contribution < -0.4 is 5.32 Å². The summed E-state index contributed by atoms with van der Waals surface area (Å²) >= 11 is 1.51. The Morgan fingerprint density at radius 1 is 1.10 bits per heavy atom. The van der Waals surface area contributed by atoms with Crippen molar-refractivity contribution < 1.29 is 17.9 Å². The van der Waals surface area contributed by atoms with Crippen molar-refractivity contribution in [2.24, 2.45) is 0 Å². The van der Waals surface area contributed by atoms with Crippen molar-refractivity contribution in [3.05, 3.63) is 59.7 Å². The summed E-state index contributed by atoms with van der Waals surface area (Å²) in [5.41, 5.74) is 2.04. The van der Waals surface area contributed by atoms with Crippen LogP contribution in [0.15, 0.2) is 58.3 Å². The van der Waals surface area contributed by atoms with Gasteiger partial charge < -0.3 is 10.1 Å². The number of nitrogens with one attached hydrogen (secondary N) is 1. The first-order valence-corrected chi connectivity index (χ1v) is 11.9. The summed E-state index contributed by atoms with van der Waals surface area (Å²) in [7, 11) is -3.50. The maximum atomic E-state index is 12.6. The van der Waals surface area contributed by atoms with Crippen LogP contribution in [0.25, 0.3) is 0 Å². The van der Waals surface area contributed by atoms with Gasteiger partial charge in [-0.05, 0) is 43.7 Å². The summed E-state index contributed by atoms with van der Waals surface area (Å²) < 4.78 is 32.0. The molecule has 8 heteroatoms. The molecule has 0 saturated carbocycles. The van der Waals surface area contributed by atoms with Crippen LogP contribution >= 0.6 is 11.8 Å². The van der Waals surface area contributed by atoms with Crippen LogP contribution in [0.1, 0.15) is 18.1 Å². The summed E-state index contributed by atoms with van der Waals surface area (Å²) in [4.78, 5) is 13.7. The fraction of sp³-hybridized carbons (Fsp3) is 0.381. The number of benzene rings is 2. The van der Waals surface area contributed by atoms with Gasteiger partial charge >= 0.3 is 0 Å². The number of thioether (sulfide) groups is 1. The number of ether oxygens (including phenoxy) is 1. The quantitative estimate of drug-likeness (QED) is 0.678. The van der Waals surface area contributed by atoms with Crippen molar-refractivity contribution in [2.45, 2.75) is 35.4 Å². The third-order valence-electron chi connectivity index (χ3n) is 4.70. The zero-order valence-corrected chi connectivity index (χ0v) is 18.3. The van der Waals surface area contributed by atoms with Gasteiger partial charge in [0.2, 0.25) is 15.9 Å². The lowest BCUT2D eigenvalue weighted by molar-refractivity contribution is -0.120. The van der Waals surface area contributed by atoms with Crippen LogP contribution in [0.2, 0.25) is 0 Å². The molecule has 0 aliphatic carbocycles. The maximum absolute atomic E-state index is 12.6. The number of sulfonamides is 1. The van der Waals surface area contributed by atoms with Gasteiger partial charge in [0.15, 0.2) is 0 Å². The van der Waals surface area contributed by atoms with Gasteiger partial charge in [0, 0.05) is 24.5 Å². The SMILES string of the molecule is Cc1ccc(SC(C)C(=O)NCc2ccc(S(=O)(=O)N3CCOCC3)cc2)cc1. The monoisotopic (exact) mass is 434 g/mol. The van der Waals surface area contributed by atoms with E-state index >= 15 is 0 Å². The Hall–Kier alpha value is -1.87. The largest absolute Gasteiger partial charge is 0.379 e. The number of carbonyl (C=O) groups is 1. The van der Waals surface area contributed by atoms with E-state index < -0.39 is 10.0 Å². The molecule has 1 atom stereocenters. The van der Waals surface area contributed by atoms with E-state index in [2.05, 4.69) is 5.32 Å². The Kier molecular flexibility index (Phi) is 7.34. The van der Waals surface area contributed by atoms with Gasteiger partial charge in [0.25, 0.3) is 0 Å². The molecule has 0 bridgehead atoms. The van der Waals surface area contributed by atoms with E-state index in [4.69, 9.17) is 4.74 Å². The number of hydrogen-bond acceptors (Lipinski definition) is 5.